The second-order valence-corrected chi connectivity index (χ2v) is 5.90. The number of nitrogens with two attached hydrogens (primary N) is 1. The van der Waals surface area contributed by atoms with Gasteiger partial charge in [0, 0.05) is 18.7 Å². The van der Waals surface area contributed by atoms with Gasteiger partial charge in [-0.25, -0.2) is 13.1 Å². The summed E-state index contributed by atoms with van der Waals surface area (Å²) < 4.78 is 61.4. The number of sulfonamides is 1. The first-order valence-corrected chi connectivity index (χ1v) is 7.03. The molecule has 0 radical (unpaired) electrons. The van der Waals surface area contributed by atoms with Crippen LogP contribution in [-0.4, -0.2) is 21.1 Å². The number of benzene rings is 1. The lowest BCUT2D eigenvalue weighted by molar-refractivity contribution is -0.135. The molecule has 0 bridgehead atoms. The normalized spacial score (nSPS) is 12.6. The van der Waals surface area contributed by atoms with E-state index in [2.05, 4.69) is 4.72 Å². The fourth-order valence-electron chi connectivity index (χ4n) is 1.36. The first-order valence-electron chi connectivity index (χ1n) is 5.54. The molecule has 8 heteroatoms. The number of anilines is 1. The van der Waals surface area contributed by atoms with E-state index in [4.69, 9.17) is 5.73 Å². The molecule has 0 aliphatic rings. The van der Waals surface area contributed by atoms with E-state index in [1.807, 2.05) is 0 Å². The lowest BCUT2D eigenvalue weighted by Gasteiger charge is -2.09. The van der Waals surface area contributed by atoms with Crippen LogP contribution in [0, 0.1) is 6.92 Å². The topological polar surface area (TPSA) is 72.2 Å². The summed E-state index contributed by atoms with van der Waals surface area (Å²) in [6, 6.07) is 4.18. The Bertz CT molecular complexity index is 541. The van der Waals surface area contributed by atoms with E-state index in [0.29, 0.717) is 5.69 Å². The van der Waals surface area contributed by atoms with Crippen molar-refractivity contribution < 1.29 is 21.6 Å². The van der Waals surface area contributed by atoms with Crippen LogP contribution in [-0.2, 0) is 10.0 Å². The first kappa shape index (κ1) is 15.8. The second kappa shape index (κ2) is 5.79. The summed E-state index contributed by atoms with van der Waals surface area (Å²) >= 11 is 0. The lowest BCUT2D eigenvalue weighted by Crippen LogP contribution is -2.26. The molecule has 3 N–H and O–H groups in total. The van der Waals surface area contributed by atoms with Crippen LogP contribution in [0.4, 0.5) is 18.9 Å². The van der Waals surface area contributed by atoms with Gasteiger partial charge in [-0.15, -0.1) is 0 Å². The number of nitrogen functional groups attached to an aromatic ring is 1. The number of aryl methyl sites for hydroxylation is 1. The van der Waals surface area contributed by atoms with Crippen molar-refractivity contribution in [2.24, 2.45) is 0 Å². The molecule has 1 aromatic carbocycles. The van der Waals surface area contributed by atoms with Crippen molar-refractivity contribution in [3.8, 4) is 0 Å². The molecule has 0 aromatic heterocycles. The molecule has 19 heavy (non-hydrogen) atoms. The SMILES string of the molecule is Cc1ccc(S(=O)(=O)NCCCC(F)(F)F)cc1N. The number of halogens is 3. The molecule has 4 nitrogen and oxygen atoms in total. The van der Waals surface area contributed by atoms with Gasteiger partial charge < -0.3 is 5.73 Å². The Labute approximate surface area is 109 Å². The lowest BCUT2D eigenvalue weighted by atomic mass is 10.2. The minimum absolute atomic E-state index is 0.0531. The monoisotopic (exact) mass is 296 g/mol. The molecule has 0 unspecified atom stereocenters. The fraction of sp³-hybridized carbons (Fsp3) is 0.455. The third-order valence-electron chi connectivity index (χ3n) is 2.49. The van der Waals surface area contributed by atoms with Gasteiger partial charge in [-0.2, -0.15) is 13.2 Å². The Morgan fingerprint density at radius 3 is 2.47 bits per heavy atom. The minimum Gasteiger partial charge on any atom is -0.398 e. The maximum Gasteiger partial charge on any atom is 0.389 e. The van der Waals surface area contributed by atoms with Crippen LogP contribution in [0.25, 0.3) is 0 Å². The molecule has 0 aliphatic carbocycles. The molecule has 0 aliphatic heterocycles. The molecule has 108 valence electrons. The molecule has 1 rings (SSSR count). The highest BCUT2D eigenvalue weighted by Crippen LogP contribution is 2.21. The van der Waals surface area contributed by atoms with Crippen LogP contribution in [0.5, 0.6) is 0 Å². The first-order chi connectivity index (χ1) is 8.62. The molecular formula is C11H15F3N2O2S. The standard InChI is InChI=1S/C11H15F3N2O2S/c1-8-3-4-9(7-10(8)15)19(17,18)16-6-2-5-11(12,13)14/h3-4,7,16H,2,5-6,15H2,1H3. The summed E-state index contributed by atoms with van der Waals surface area (Å²) in [6.45, 7) is 1.46. The highest BCUT2D eigenvalue weighted by molar-refractivity contribution is 7.89. The molecule has 0 spiro atoms. The Morgan fingerprint density at radius 2 is 1.95 bits per heavy atom. The van der Waals surface area contributed by atoms with Gasteiger partial charge in [0.15, 0.2) is 0 Å². The molecule has 0 saturated carbocycles. The number of hydrogen-bond acceptors (Lipinski definition) is 3. The second-order valence-electron chi connectivity index (χ2n) is 4.13. The average Bonchev–Trinajstić information content (AvgIpc) is 2.27. The smallest absolute Gasteiger partial charge is 0.389 e. The molecule has 1 aromatic rings. The number of rotatable bonds is 5. The van der Waals surface area contributed by atoms with Crippen molar-refractivity contribution in [1.29, 1.82) is 0 Å². The van der Waals surface area contributed by atoms with Crippen LogP contribution >= 0.6 is 0 Å². The third kappa shape index (κ3) is 5.07. The summed E-state index contributed by atoms with van der Waals surface area (Å²) in [6.07, 6.45) is -5.60. The third-order valence-corrected chi connectivity index (χ3v) is 3.95. The predicted molar refractivity (Wildman–Crippen MR) is 66.1 cm³/mol. The van der Waals surface area contributed by atoms with Crippen molar-refractivity contribution in [1.82, 2.24) is 4.72 Å². The van der Waals surface area contributed by atoms with Gasteiger partial charge in [0.1, 0.15) is 0 Å². The van der Waals surface area contributed by atoms with E-state index < -0.39 is 22.6 Å². The van der Waals surface area contributed by atoms with Gasteiger partial charge in [0.25, 0.3) is 0 Å². The van der Waals surface area contributed by atoms with E-state index in [-0.39, 0.29) is 17.9 Å². The van der Waals surface area contributed by atoms with E-state index in [1.54, 1.807) is 13.0 Å². The summed E-state index contributed by atoms with van der Waals surface area (Å²) in [5, 5.41) is 0. The number of alkyl halides is 3. The van der Waals surface area contributed by atoms with Gasteiger partial charge in [0.2, 0.25) is 10.0 Å². The van der Waals surface area contributed by atoms with Crippen LogP contribution in [0.3, 0.4) is 0 Å². The largest absolute Gasteiger partial charge is 0.398 e. The summed E-state index contributed by atoms with van der Waals surface area (Å²) in [7, 11) is -3.81. The van der Waals surface area contributed by atoms with Crippen LogP contribution in [0.1, 0.15) is 18.4 Å². The van der Waals surface area contributed by atoms with Crippen molar-refractivity contribution in [2.45, 2.75) is 30.8 Å². The van der Waals surface area contributed by atoms with E-state index in [0.717, 1.165) is 5.56 Å². The van der Waals surface area contributed by atoms with Gasteiger partial charge in [-0.05, 0) is 31.0 Å². The highest BCUT2D eigenvalue weighted by atomic mass is 32.2. The maximum absolute atomic E-state index is 11.9. The minimum atomic E-state index is -4.28. The molecular weight excluding hydrogens is 281 g/mol. The molecule has 0 saturated heterocycles. The Kier molecular flexibility index (Phi) is 4.81. The van der Waals surface area contributed by atoms with Crippen molar-refractivity contribution >= 4 is 15.7 Å². The number of hydrogen-bond donors (Lipinski definition) is 2. The maximum atomic E-state index is 11.9. The average molecular weight is 296 g/mol. The Morgan fingerprint density at radius 1 is 1.32 bits per heavy atom. The predicted octanol–water partition coefficient (Wildman–Crippen LogP) is 2.20. The quantitative estimate of drug-likeness (QED) is 0.646. The van der Waals surface area contributed by atoms with Crippen molar-refractivity contribution in [3.05, 3.63) is 23.8 Å². The summed E-state index contributed by atoms with van der Waals surface area (Å²) in [5.41, 5.74) is 6.64. The van der Waals surface area contributed by atoms with Gasteiger partial charge in [-0.1, -0.05) is 6.07 Å². The zero-order chi connectivity index (χ0) is 14.7. The van der Waals surface area contributed by atoms with Crippen LogP contribution < -0.4 is 10.5 Å². The molecule has 0 atom stereocenters. The van der Waals surface area contributed by atoms with E-state index in [1.165, 1.54) is 12.1 Å². The van der Waals surface area contributed by atoms with Gasteiger partial charge in [-0.3, -0.25) is 0 Å². The zero-order valence-electron chi connectivity index (χ0n) is 10.3. The van der Waals surface area contributed by atoms with Gasteiger partial charge >= 0.3 is 6.18 Å². The Balaban J connectivity index is 2.63. The number of nitrogens with one attached hydrogen (secondary N) is 1. The van der Waals surface area contributed by atoms with E-state index in [9.17, 15) is 21.6 Å². The molecule has 0 amide bonds. The van der Waals surface area contributed by atoms with Crippen LogP contribution in [0.2, 0.25) is 0 Å². The van der Waals surface area contributed by atoms with Crippen LogP contribution in [0.15, 0.2) is 23.1 Å². The fourth-order valence-corrected chi connectivity index (χ4v) is 2.47. The van der Waals surface area contributed by atoms with Gasteiger partial charge in [0.05, 0.1) is 4.90 Å². The Hall–Kier alpha value is -1.28. The summed E-state index contributed by atoms with van der Waals surface area (Å²) in [5.74, 6) is 0. The molecule has 0 heterocycles. The van der Waals surface area contributed by atoms with E-state index >= 15 is 0 Å². The van der Waals surface area contributed by atoms with Crippen molar-refractivity contribution in [3.63, 3.8) is 0 Å². The zero-order valence-corrected chi connectivity index (χ0v) is 11.1. The van der Waals surface area contributed by atoms with Crippen molar-refractivity contribution in [2.75, 3.05) is 12.3 Å². The molecule has 0 fully saturated rings. The summed E-state index contributed by atoms with van der Waals surface area (Å²) in [4.78, 5) is -0.0531. The highest BCUT2D eigenvalue weighted by Gasteiger charge is 2.26.